The Morgan fingerprint density at radius 2 is 1.54 bits per heavy atom. The number of nitrogens with zero attached hydrogens (tertiary/aromatic N) is 1. The van der Waals surface area contributed by atoms with Gasteiger partial charge in [0, 0.05) is 0 Å². The molecule has 1 aliphatic heterocycles. The van der Waals surface area contributed by atoms with E-state index in [2.05, 4.69) is 65.8 Å². The second kappa shape index (κ2) is 9.63. The highest BCUT2D eigenvalue weighted by Crippen LogP contribution is 2.36. The Bertz CT molecular complexity index is 578. The molecule has 0 radical (unpaired) electrons. The minimum absolute atomic E-state index is 0.140. The summed E-state index contributed by atoms with van der Waals surface area (Å²) < 4.78 is 6.98. The number of aliphatic hydroxyl groups excluding tert-OH is 1. The number of hydrogen-bond acceptors (Lipinski definition) is 2. The van der Waals surface area contributed by atoms with Crippen LogP contribution in [-0.4, -0.2) is 48.5 Å². The predicted octanol–water partition coefficient (Wildman–Crippen LogP) is 5.55. The van der Waals surface area contributed by atoms with Crippen LogP contribution >= 0.6 is 0 Å². The van der Waals surface area contributed by atoms with Crippen LogP contribution in [0.5, 0.6) is 5.75 Å². The normalized spacial score (nSPS) is 19.1. The fourth-order valence-corrected chi connectivity index (χ4v) is 5.11. The van der Waals surface area contributed by atoms with Gasteiger partial charge in [-0.1, -0.05) is 46.8 Å². The van der Waals surface area contributed by atoms with E-state index < -0.39 is 6.10 Å². The lowest BCUT2D eigenvalue weighted by atomic mass is 9.72. The topological polar surface area (TPSA) is 29.5 Å². The smallest absolute Gasteiger partial charge is 0.137 e. The Kier molecular flexibility index (Phi) is 7.98. The SMILES string of the molecule is CC[N+]1(CC(O)COc2ccc(C(C)(C)CC(C)(C)C)cc2)CCCCCC1. The van der Waals surface area contributed by atoms with Crippen LogP contribution < -0.4 is 4.74 Å². The molecule has 0 aliphatic carbocycles. The second-order valence-electron chi connectivity index (χ2n) is 10.8. The number of benzene rings is 1. The predicted molar refractivity (Wildman–Crippen MR) is 119 cm³/mol. The summed E-state index contributed by atoms with van der Waals surface area (Å²) in [4.78, 5) is 0. The summed E-state index contributed by atoms with van der Waals surface area (Å²) >= 11 is 0. The lowest BCUT2D eigenvalue weighted by Gasteiger charge is -2.38. The van der Waals surface area contributed by atoms with Crippen molar-refractivity contribution in [3.8, 4) is 5.75 Å². The number of rotatable bonds is 8. The monoisotopic (exact) mass is 390 g/mol. The van der Waals surface area contributed by atoms with Crippen LogP contribution in [0.1, 0.15) is 79.2 Å². The van der Waals surface area contributed by atoms with E-state index in [0.29, 0.717) is 12.0 Å². The molecule has 0 bridgehead atoms. The Labute approximate surface area is 173 Å². The number of hydrogen-bond donors (Lipinski definition) is 1. The van der Waals surface area contributed by atoms with Crippen LogP contribution in [0, 0.1) is 5.41 Å². The average Bonchev–Trinajstić information content (AvgIpc) is 2.84. The molecule has 0 amide bonds. The van der Waals surface area contributed by atoms with Crippen LogP contribution in [0.15, 0.2) is 24.3 Å². The van der Waals surface area contributed by atoms with Gasteiger partial charge in [-0.2, -0.15) is 0 Å². The highest BCUT2D eigenvalue weighted by Gasteiger charge is 2.30. The maximum atomic E-state index is 10.6. The molecule has 3 nitrogen and oxygen atoms in total. The van der Waals surface area contributed by atoms with E-state index in [9.17, 15) is 5.11 Å². The largest absolute Gasteiger partial charge is 0.491 e. The first-order valence-electron chi connectivity index (χ1n) is 11.3. The third-order valence-corrected chi connectivity index (χ3v) is 6.33. The number of quaternary nitrogens is 1. The highest BCUT2D eigenvalue weighted by molar-refractivity contribution is 5.31. The van der Waals surface area contributed by atoms with Crippen LogP contribution in [0.2, 0.25) is 0 Å². The summed E-state index contributed by atoms with van der Waals surface area (Å²) in [5, 5.41) is 10.6. The van der Waals surface area contributed by atoms with Crippen LogP contribution in [0.3, 0.4) is 0 Å². The van der Waals surface area contributed by atoms with Gasteiger partial charge in [0.25, 0.3) is 0 Å². The van der Waals surface area contributed by atoms with E-state index in [1.807, 2.05) is 0 Å². The Morgan fingerprint density at radius 3 is 2.04 bits per heavy atom. The highest BCUT2D eigenvalue weighted by atomic mass is 16.5. The first-order chi connectivity index (χ1) is 13.1. The molecule has 160 valence electrons. The van der Waals surface area contributed by atoms with Gasteiger partial charge < -0.3 is 14.3 Å². The Hall–Kier alpha value is -1.06. The lowest BCUT2D eigenvalue weighted by molar-refractivity contribution is -0.928. The molecule has 28 heavy (non-hydrogen) atoms. The van der Waals surface area contributed by atoms with Crippen LogP contribution in [-0.2, 0) is 5.41 Å². The van der Waals surface area contributed by atoms with E-state index in [0.717, 1.165) is 29.7 Å². The van der Waals surface area contributed by atoms with Crippen LogP contribution in [0.4, 0.5) is 0 Å². The van der Waals surface area contributed by atoms with Gasteiger partial charge in [-0.25, -0.2) is 0 Å². The molecule has 1 aromatic carbocycles. The molecule has 2 rings (SSSR count). The molecule has 0 spiro atoms. The van der Waals surface area contributed by atoms with Gasteiger partial charge in [0.1, 0.15) is 25.0 Å². The molecular formula is C25H44NO2+. The van der Waals surface area contributed by atoms with E-state index in [-0.39, 0.29) is 5.41 Å². The van der Waals surface area contributed by atoms with Gasteiger partial charge >= 0.3 is 0 Å². The van der Waals surface area contributed by atoms with Gasteiger partial charge in [-0.15, -0.1) is 0 Å². The molecule has 1 unspecified atom stereocenters. The molecule has 1 heterocycles. The fraction of sp³-hybridized carbons (Fsp3) is 0.760. The zero-order valence-corrected chi connectivity index (χ0v) is 19.3. The van der Waals surface area contributed by atoms with E-state index >= 15 is 0 Å². The van der Waals surface area contributed by atoms with Crippen molar-refractivity contribution >= 4 is 0 Å². The van der Waals surface area contributed by atoms with Crippen molar-refractivity contribution in [1.82, 2.24) is 0 Å². The molecule has 1 fully saturated rings. The van der Waals surface area contributed by atoms with Gasteiger partial charge in [0.05, 0.1) is 19.6 Å². The maximum Gasteiger partial charge on any atom is 0.137 e. The molecule has 1 saturated heterocycles. The van der Waals surface area contributed by atoms with Crippen molar-refractivity contribution in [3.63, 3.8) is 0 Å². The Morgan fingerprint density at radius 1 is 0.964 bits per heavy atom. The van der Waals surface area contributed by atoms with Gasteiger partial charge in [0.15, 0.2) is 0 Å². The molecule has 0 saturated carbocycles. The first kappa shape index (κ1) is 23.2. The lowest BCUT2D eigenvalue weighted by Crippen LogP contribution is -2.53. The van der Waals surface area contributed by atoms with Crippen molar-refractivity contribution in [2.45, 2.75) is 85.2 Å². The van der Waals surface area contributed by atoms with E-state index in [1.165, 1.54) is 44.3 Å². The van der Waals surface area contributed by atoms with Gasteiger partial charge in [-0.3, -0.25) is 0 Å². The number of likely N-dealkylation sites (N-methyl/N-ethyl adjacent to an activating group) is 1. The minimum atomic E-state index is -0.407. The third-order valence-electron chi connectivity index (χ3n) is 6.33. The van der Waals surface area contributed by atoms with Crippen LogP contribution in [0.25, 0.3) is 0 Å². The molecule has 1 N–H and O–H groups in total. The molecule has 1 aromatic rings. The van der Waals surface area contributed by atoms with Crippen molar-refractivity contribution in [3.05, 3.63) is 29.8 Å². The molecule has 3 heteroatoms. The van der Waals surface area contributed by atoms with Gasteiger partial charge in [0.2, 0.25) is 0 Å². The summed E-state index contributed by atoms with van der Waals surface area (Å²) in [5.41, 5.74) is 1.78. The van der Waals surface area contributed by atoms with Crippen molar-refractivity contribution in [2.75, 3.05) is 32.8 Å². The molecule has 1 atom stereocenters. The average molecular weight is 391 g/mol. The zero-order chi connectivity index (χ0) is 20.8. The summed E-state index contributed by atoms with van der Waals surface area (Å²) in [7, 11) is 0. The summed E-state index contributed by atoms with van der Waals surface area (Å²) in [6, 6.07) is 8.48. The van der Waals surface area contributed by atoms with Crippen molar-refractivity contribution < 1.29 is 14.3 Å². The number of aliphatic hydroxyl groups is 1. The third kappa shape index (κ3) is 7.08. The minimum Gasteiger partial charge on any atom is -0.491 e. The second-order valence-corrected chi connectivity index (χ2v) is 10.8. The van der Waals surface area contributed by atoms with Gasteiger partial charge in [-0.05, 0) is 67.6 Å². The standard InChI is InChI=1S/C25H44NO2/c1-7-26(16-10-8-9-11-17-26)18-22(27)19-28-23-14-12-21(13-15-23)25(5,6)20-24(2,3)4/h12-15,22,27H,7-11,16-20H2,1-6H3/q+1. The molecular weight excluding hydrogens is 346 g/mol. The summed E-state index contributed by atoms with van der Waals surface area (Å²) in [6.07, 6.45) is 5.97. The number of likely N-dealkylation sites (tertiary alicyclic amines) is 1. The van der Waals surface area contributed by atoms with Crippen molar-refractivity contribution in [1.29, 1.82) is 0 Å². The molecule has 0 aromatic heterocycles. The quantitative estimate of drug-likeness (QED) is 0.590. The fourth-order valence-electron chi connectivity index (χ4n) is 5.11. The van der Waals surface area contributed by atoms with E-state index in [4.69, 9.17) is 4.74 Å². The summed E-state index contributed by atoms with van der Waals surface area (Å²) in [6.45, 7) is 18.5. The summed E-state index contributed by atoms with van der Waals surface area (Å²) in [5.74, 6) is 0.855. The zero-order valence-electron chi connectivity index (χ0n) is 19.3. The van der Waals surface area contributed by atoms with Crippen molar-refractivity contribution in [2.24, 2.45) is 5.41 Å². The van der Waals surface area contributed by atoms with E-state index in [1.54, 1.807) is 0 Å². The Balaban J connectivity index is 1.90. The number of ether oxygens (including phenoxy) is 1. The molecule has 1 aliphatic rings. The maximum absolute atomic E-state index is 10.6. The first-order valence-corrected chi connectivity index (χ1v) is 11.3.